The average molecular weight is 323 g/mol. The van der Waals surface area contributed by atoms with E-state index in [2.05, 4.69) is 5.32 Å². The Bertz CT molecular complexity index is 721. The average Bonchev–Trinajstić information content (AvgIpc) is 2.52. The van der Waals surface area contributed by atoms with Crippen molar-refractivity contribution in [3.63, 3.8) is 0 Å². The minimum Gasteiger partial charge on any atom is -0.507 e. The zero-order chi connectivity index (χ0) is 17.0. The summed E-state index contributed by atoms with van der Waals surface area (Å²) in [7, 11) is 1.41. The predicted octanol–water partition coefficient (Wildman–Crippen LogP) is 2.14. The van der Waals surface area contributed by atoms with Crippen molar-refractivity contribution in [2.45, 2.75) is 6.10 Å². The van der Waals surface area contributed by atoms with Crippen LogP contribution in [0.2, 0.25) is 0 Å². The number of ether oxygens (including phenoxy) is 1. The summed E-state index contributed by atoms with van der Waals surface area (Å²) in [5.74, 6) is -2.22. The molecule has 7 heteroatoms. The highest BCUT2D eigenvalue weighted by atomic mass is 19.1. The molecule has 1 amide bonds. The normalized spacial score (nSPS) is 11.8. The summed E-state index contributed by atoms with van der Waals surface area (Å²) in [5, 5.41) is 21.9. The molecular formula is C16H15F2NO4. The lowest BCUT2D eigenvalue weighted by Gasteiger charge is -2.14. The zero-order valence-corrected chi connectivity index (χ0v) is 12.2. The van der Waals surface area contributed by atoms with Crippen molar-refractivity contribution in [3.8, 4) is 11.5 Å². The van der Waals surface area contributed by atoms with Crippen LogP contribution < -0.4 is 10.1 Å². The Labute approximate surface area is 131 Å². The number of hydrogen-bond acceptors (Lipinski definition) is 4. The summed E-state index contributed by atoms with van der Waals surface area (Å²) in [5.41, 5.74) is -0.183. The van der Waals surface area contributed by atoms with E-state index in [1.807, 2.05) is 0 Å². The van der Waals surface area contributed by atoms with Gasteiger partial charge in [0.2, 0.25) is 0 Å². The fraction of sp³-hybridized carbons (Fsp3) is 0.188. The summed E-state index contributed by atoms with van der Waals surface area (Å²) in [6, 6.07) is 6.87. The van der Waals surface area contributed by atoms with Gasteiger partial charge in [-0.1, -0.05) is 6.07 Å². The maximum absolute atomic E-state index is 13.5. The van der Waals surface area contributed by atoms with Crippen molar-refractivity contribution in [1.82, 2.24) is 5.32 Å². The second kappa shape index (κ2) is 7.06. The number of phenols is 1. The molecule has 23 heavy (non-hydrogen) atoms. The number of carbonyl (C=O) groups is 1. The Hall–Kier alpha value is -2.67. The van der Waals surface area contributed by atoms with Gasteiger partial charge in [-0.15, -0.1) is 0 Å². The maximum Gasteiger partial charge on any atom is 0.255 e. The first-order valence-corrected chi connectivity index (χ1v) is 6.70. The van der Waals surface area contributed by atoms with Gasteiger partial charge >= 0.3 is 0 Å². The van der Waals surface area contributed by atoms with Gasteiger partial charge in [0.15, 0.2) is 0 Å². The maximum atomic E-state index is 13.5. The Balaban J connectivity index is 2.06. The third-order valence-electron chi connectivity index (χ3n) is 3.23. The molecule has 0 bridgehead atoms. The third-order valence-corrected chi connectivity index (χ3v) is 3.23. The Kier molecular flexibility index (Phi) is 5.13. The number of carbonyl (C=O) groups excluding carboxylic acids is 1. The molecule has 2 aromatic carbocycles. The molecule has 0 aliphatic carbocycles. The van der Waals surface area contributed by atoms with Crippen LogP contribution in [-0.2, 0) is 0 Å². The highest BCUT2D eigenvalue weighted by Gasteiger charge is 2.17. The fourth-order valence-corrected chi connectivity index (χ4v) is 1.99. The Morgan fingerprint density at radius 3 is 2.65 bits per heavy atom. The van der Waals surface area contributed by atoms with Crippen molar-refractivity contribution in [2.75, 3.05) is 13.7 Å². The van der Waals surface area contributed by atoms with Crippen molar-refractivity contribution >= 4 is 5.91 Å². The number of amides is 1. The number of benzene rings is 2. The second-order valence-corrected chi connectivity index (χ2v) is 4.77. The molecular weight excluding hydrogens is 308 g/mol. The summed E-state index contributed by atoms with van der Waals surface area (Å²) in [4.78, 5) is 12.0. The largest absolute Gasteiger partial charge is 0.507 e. The monoisotopic (exact) mass is 323 g/mol. The minimum atomic E-state index is -1.35. The highest BCUT2D eigenvalue weighted by Crippen LogP contribution is 2.23. The molecule has 2 rings (SSSR count). The second-order valence-electron chi connectivity index (χ2n) is 4.77. The summed E-state index contributed by atoms with van der Waals surface area (Å²) >= 11 is 0. The fourth-order valence-electron chi connectivity index (χ4n) is 1.99. The van der Waals surface area contributed by atoms with Gasteiger partial charge in [0.1, 0.15) is 23.1 Å². The topological polar surface area (TPSA) is 78.8 Å². The van der Waals surface area contributed by atoms with Crippen molar-refractivity contribution < 1.29 is 28.5 Å². The molecule has 0 radical (unpaired) electrons. The van der Waals surface area contributed by atoms with E-state index in [-0.39, 0.29) is 23.4 Å². The van der Waals surface area contributed by atoms with Gasteiger partial charge in [0.05, 0.1) is 18.8 Å². The molecule has 0 saturated carbocycles. The number of aromatic hydroxyl groups is 1. The van der Waals surface area contributed by atoms with E-state index in [9.17, 15) is 23.8 Å². The van der Waals surface area contributed by atoms with Crippen LogP contribution in [-0.4, -0.2) is 29.8 Å². The van der Waals surface area contributed by atoms with Crippen LogP contribution in [0.1, 0.15) is 22.0 Å². The van der Waals surface area contributed by atoms with Gasteiger partial charge in [-0.25, -0.2) is 8.78 Å². The summed E-state index contributed by atoms with van der Waals surface area (Å²) < 4.78 is 31.3. The molecule has 5 nitrogen and oxygen atoms in total. The van der Waals surface area contributed by atoms with Crippen LogP contribution in [0.3, 0.4) is 0 Å². The van der Waals surface area contributed by atoms with Crippen LogP contribution in [0.15, 0.2) is 36.4 Å². The van der Waals surface area contributed by atoms with Gasteiger partial charge in [-0.05, 0) is 24.3 Å². The lowest BCUT2D eigenvalue weighted by molar-refractivity contribution is 0.0911. The van der Waals surface area contributed by atoms with E-state index in [4.69, 9.17) is 4.74 Å². The molecule has 0 unspecified atom stereocenters. The highest BCUT2D eigenvalue weighted by molar-refractivity contribution is 5.97. The van der Waals surface area contributed by atoms with Crippen LogP contribution in [0.5, 0.6) is 11.5 Å². The lowest BCUT2D eigenvalue weighted by Crippen LogP contribution is -2.28. The number of aliphatic hydroxyl groups is 1. The zero-order valence-electron chi connectivity index (χ0n) is 12.2. The third kappa shape index (κ3) is 3.95. The summed E-state index contributed by atoms with van der Waals surface area (Å²) in [6.45, 7) is -0.308. The smallest absolute Gasteiger partial charge is 0.255 e. The minimum absolute atomic E-state index is 0.0453. The van der Waals surface area contributed by atoms with Crippen molar-refractivity contribution in [3.05, 3.63) is 59.2 Å². The number of aliphatic hydroxyl groups excluding tert-OH is 1. The molecule has 3 N–H and O–H groups in total. The standard InChI is InChI=1S/C16H15F2NO4/c1-23-10-3-5-14(20)12(7-10)16(22)19-8-15(21)11-4-2-9(17)6-13(11)18/h2-7,15,20-21H,8H2,1H3,(H,19,22)/t15-/m0/s1. The first-order chi connectivity index (χ1) is 10.9. The van der Waals surface area contributed by atoms with Crippen LogP contribution in [0.4, 0.5) is 8.78 Å². The Morgan fingerprint density at radius 2 is 2.00 bits per heavy atom. The molecule has 122 valence electrons. The number of hydrogen-bond donors (Lipinski definition) is 3. The molecule has 0 saturated heterocycles. The molecule has 0 aromatic heterocycles. The van der Waals surface area contributed by atoms with E-state index in [0.717, 1.165) is 12.1 Å². The van der Waals surface area contributed by atoms with E-state index in [1.165, 1.54) is 25.3 Å². The van der Waals surface area contributed by atoms with Gasteiger partial charge in [-0.3, -0.25) is 4.79 Å². The molecule has 0 aliphatic heterocycles. The number of phenolic OH excluding ortho intramolecular Hbond substituents is 1. The van der Waals surface area contributed by atoms with Crippen molar-refractivity contribution in [1.29, 1.82) is 0 Å². The van der Waals surface area contributed by atoms with Gasteiger partial charge < -0.3 is 20.3 Å². The lowest BCUT2D eigenvalue weighted by atomic mass is 10.1. The first kappa shape index (κ1) is 16.7. The number of rotatable bonds is 5. The summed E-state index contributed by atoms with van der Waals surface area (Å²) in [6.07, 6.45) is -1.35. The predicted molar refractivity (Wildman–Crippen MR) is 78.3 cm³/mol. The van der Waals surface area contributed by atoms with Gasteiger partial charge in [0.25, 0.3) is 5.91 Å². The molecule has 2 aromatic rings. The van der Waals surface area contributed by atoms with E-state index >= 15 is 0 Å². The first-order valence-electron chi connectivity index (χ1n) is 6.70. The van der Waals surface area contributed by atoms with E-state index < -0.39 is 23.6 Å². The molecule has 0 spiro atoms. The number of methoxy groups -OCH3 is 1. The number of halogens is 2. The van der Waals surface area contributed by atoms with Gasteiger partial charge in [0, 0.05) is 18.2 Å². The molecule has 1 atom stereocenters. The van der Waals surface area contributed by atoms with E-state index in [0.29, 0.717) is 11.8 Å². The SMILES string of the molecule is COc1ccc(O)c(C(=O)NC[C@H](O)c2ccc(F)cc2F)c1. The van der Waals surface area contributed by atoms with Gasteiger partial charge in [-0.2, -0.15) is 0 Å². The van der Waals surface area contributed by atoms with Crippen molar-refractivity contribution in [2.24, 2.45) is 0 Å². The molecule has 0 aliphatic rings. The Morgan fingerprint density at radius 1 is 1.26 bits per heavy atom. The molecule has 0 heterocycles. The van der Waals surface area contributed by atoms with Crippen LogP contribution >= 0.6 is 0 Å². The van der Waals surface area contributed by atoms with E-state index in [1.54, 1.807) is 0 Å². The molecule has 0 fully saturated rings. The van der Waals surface area contributed by atoms with Crippen LogP contribution in [0.25, 0.3) is 0 Å². The number of nitrogens with one attached hydrogen (secondary N) is 1. The van der Waals surface area contributed by atoms with Crippen LogP contribution in [0, 0.1) is 11.6 Å². The quantitative estimate of drug-likeness (QED) is 0.788.